The first-order valence-electron chi connectivity index (χ1n) is 6.48. The van der Waals surface area contributed by atoms with Crippen LogP contribution in [0.4, 0.5) is 4.79 Å². The maximum absolute atomic E-state index is 12.0. The van der Waals surface area contributed by atoms with Crippen LogP contribution < -0.4 is 5.32 Å². The SMILES string of the molecule is O=C(NC(C1CC1)C1CC1)N1CCOCC1. The minimum Gasteiger partial charge on any atom is -0.378 e. The Hall–Kier alpha value is -0.770. The van der Waals surface area contributed by atoms with E-state index in [1.54, 1.807) is 0 Å². The van der Waals surface area contributed by atoms with Gasteiger partial charge in [-0.3, -0.25) is 0 Å². The number of carbonyl (C=O) groups is 1. The van der Waals surface area contributed by atoms with Gasteiger partial charge in [-0.25, -0.2) is 4.79 Å². The van der Waals surface area contributed by atoms with E-state index in [-0.39, 0.29) is 6.03 Å². The predicted molar refractivity (Wildman–Crippen MR) is 60.2 cm³/mol. The summed E-state index contributed by atoms with van der Waals surface area (Å²) in [7, 11) is 0. The van der Waals surface area contributed by atoms with E-state index >= 15 is 0 Å². The fourth-order valence-electron chi connectivity index (χ4n) is 2.53. The van der Waals surface area contributed by atoms with Gasteiger partial charge in [0, 0.05) is 19.1 Å². The fraction of sp³-hybridized carbons (Fsp3) is 0.917. The van der Waals surface area contributed by atoms with Gasteiger partial charge in [-0.05, 0) is 37.5 Å². The van der Waals surface area contributed by atoms with Crippen LogP contribution in [0.15, 0.2) is 0 Å². The highest BCUT2D eigenvalue weighted by atomic mass is 16.5. The Kier molecular flexibility index (Phi) is 2.75. The summed E-state index contributed by atoms with van der Waals surface area (Å²) in [6.07, 6.45) is 5.24. The molecule has 0 aromatic rings. The molecule has 3 rings (SSSR count). The number of nitrogens with one attached hydrogen (secondary N) is 1. The first-order valence-corrected chi connectivity index (χ1v) is 6.48. The molecule has 2 aliphatic carbocycles. The lowest BCUT2D eigenvalue weighted by Gasteiger charge is -2.29. The molecule has 0 spiro atoms. The average Bonchev–Trinajstić information content (AvgIpc) is 3.19. The second-order valence-corrected chi connectivity index (χ2v) is 5.25. The maximum Gasteiger partial charge on any atom is 0.317 e. The van der Waals surface area contributed by atoms with Crippen molar-refractivity contribution in [3.05, 3.63) is 0 Å². The van der Waals surface area contributed by atoms with Gasteiger partial charge in [-0.2, -0.15) is 0 Å². The van der Waals surface area contributed by atoms with Crippen LogP contribution in [0.3, 0.4) is 0 Å². The van der Waals surface area contributed by atoms with Crippen molar-refractivity contribution in [1.82, 2.24) is 10.2 Å². The fourth-order valence-corrected chi connectivity index (χ4v) is 2.53. The Morgan fingerprint density at radius 2 is 1.69 bits per heavy atom. The standard InChI is InChI=1S/C12H20N2O2/c15-12(14-5-7-16-8-6-14)13-11(9-1-2-9)10-3-4-10/h9-11H,1-8H2,(H,13,15). The molecule has 0 unspecified atom stereocenters. The number of hydrogen-bond acceptors (Lipinski definition) is 2. The van der Waals surface area contributed by atoms with Crippen LogP contribution in [-0.2, 0) is 4.74 Å². The van der Waals surface area contributed by atoms with Crippen LogP contribution in [0.2, 0.25) is 0 Å². The van der Waals surface area contributed by atoms with Crippen molar-refractivity contribution in [1.29, 1.82) is 0 Å². The van der Waals surface area contributed by atoms with Crippen molar-refractivity contribution in [3.63, 3.8) is 0 Å². The van der Waals surface area contributed by atoms with Crippen molar-refractivity contribution >= 4 is 6.03 Å². The van der Waals surface area contributed by atoms with E-state index in [4.69, 9.17) is 4.74 Å². The summed E-state index contributed by atoms with van der Waals surface area (Å²) in [5.74, 6) is 1.55. The summed E-state index contributed by atoms with van der Waals surface area (Å²) in [6, 6.07) is 0.599. The number of nitrogens with zero attached hydrogens (tertiary/aromatic N) is 1. The van der Waals surface area contributed by atoms with Crippen LogP contribution >= 0.6 is 0 Å². The molecule has 2 saturated carbocycles. The molecule has 2 amide bonds. The van der Waals surface area contributed by atoms with E-state index in [1.165, 1.54) is 25.7 Å². The van der Waals surface area contributed by atoms with Gasteiger partial charge in [0.25, 0.3) is 0 Å². The van der Waals surface area contributed by atoms with Crippen LogP contribution in [-0.4, -0.2) is 43.3 Å². The summed E-state index contributed by atoms with van der Waals surface area (Å²) in [5.41, 5.74) is 0. The highest BCUT2D eigenvalue weighted by Crippen LogP contribution is 2.44. The molecule has 1 N–H and O–H groups in total. The van der Waals surface area contributed by atoms with Crippen LogP contribution in [0.1, 0.15) is 25.7 Å². The molecule has 0 bridgehead atoms. The second kappa shape index (κ2) is 4.24. The maximum atomic E-state index is 12.0. The predicted octanol–water partition coefficient (Wildman–Crippen LogP) is 1.22. The molecule has 0 radical (unpaired) electrons. The number of morpholine rings is 1. The molecule has 4 nitrogen and oxygen atoms in total. The number of urea groups is 1. The third-order valence-electron chi connectivity index (χ3n) is 3.85. The number of hydrogen-bond donors (Lipinski definition) is 1. The number of carbonyl (C=O) groups excluding carboxylic acids is 1. The Labute approximate surface area is 96.3 Å². The first-order chi connectivity index (χ1) is 7.84. The molecule has 0 aromatic heterocycles. The summed E-state index contributed by atoms with van der Waals surface area (Å²) in [6.45, 7) is 2.86. The summed E-state index contributed by atoms with van der Waals surface area (Å²) < 4.78 is 5.25. The van der Waals surface area contributed by atoms with Gasteiger partial charge in [0.15, 0.2) is 0 Å². The lowest BCUT2D eigenvalue weighted by atomic mass is 10.1. The quantitative estimate of drug-likeness (QED) is 0.783. The van der Waals surface area contributed by atoms with E-state index in [9.17, 15) is 4.79 Å². The van der Waals surface area contributed by atoms with Gasteiger partial charge < -0.3 is 15.0 Å². The van der Waals surface area contributed by atoms with E-state index in [0.29, 0.717) is 19.3 Å². The molecule has 16 heavy (non-hydrogen) atoms. The number of rotatable bonds is 3. The Morgan fingerprint density at radius 3 is 2.19 bits per heavy atom. The third-order valence-corrected chi connectivity index (χ3v) is 3.85. The van der Waals surface area contributed by atoms with E-state index in [2.05, 4.69) is 5.32 Å². The van der Waals surface area contributed by atoms with Crippen LogP contribution in [0.5, 0.6) is 0 Å². The largest absolute Gasteiger partial charge is 0.378 e. The van der Waals surface area contributed by atoms with Gasteiger partial charge in [0.2, 0.25) is 0 Å². The summed E-state index contributed by atoms with van der Waals surface area (Å²) in [5, 5.41) is 3.24. The first kappa shape index (κ1) is 10.4. The monoisotopic (exact) mass is 224 g/mol. The van der Waals surface area contributed by atoms with Gasteiger partial charge in [0.1, 0.15) is 0 Å². The van der Waals surface area contributed by atoms with Gasteiger partial charge in [-0.1, -0.05) is 0 Å². The Morgan fingerprint density at radius 1 is 1.12 bits per heavy atom. The van der Waals surface area contributed by atoms with Crippen molar-refractivity contribution in [2.24, 2.45) is 11.8 Å². The second-order valence-electron chi connectivity index (χ2n) is 5.25. The molecule has 1 heterocycles. The molecule has 1 aliphatic heterocycles. The topological polar surface area (TPSA) is 41.6 Å². The van der Waals surface area contributed by atoms with Crippen molar-refractivity contribution < 1.29 is 9.53 Å². The molecular formula is C12H20N2O2. The molecule has 4 heteroatoms. The minimum absolute atomic E-state index is 0.132. The summed E-state index contributed by atoms with van der Waals surface area (Å²) >= 11 is 0. The highest BCUT2D eigenvalue weighted by molar-refractivity contribution is 5.74. The van der Waals surface area contributed by atoms with Crippen molar-refractivity contribution in [3.8, 4) is 0 Å². The third kappa shape index (κ3) is 2.32. The lowest BCUT2D eigenvalue weighted by molar-refractivity contribution is 0.0521. The van der Waals surface area contributed by atoms with Gasteiger partial charge in [0.05, 0.1) is 13.2 Å². The normalized spacial score (nSPS) is 25.9. The number of ether oxygens (including phenoxy) is 1. The zero-order valence-corrected chi connectivity index (χ0v) is 9.65. The zero-order valence-electron chi connectivity index (χ0n) is 9.65. The molecule has 3 aliphatic rings. The molecule has 0 atom stereocenters. The molecule has 3 fully saturated rings. The number of amides is 2. The van der Waals surface area contributed by atoms with E-state index in [0.717, 1.165) is 24.9 Å². The molecule has 1 saturated heterocycles. The molecule has 0 aromatic carbocycles. The van der Waals surface area contributed by atoms with Crippen LogP contribution in [0.25, 0.3) is 0 Å². The Bertz CT molecular complexity index is 256. The van der Waals surface area contributed by atoms with Crippen molar-refractivity contribution in [2.75, 3.05) is 26.3 Å². The smallest absolute Gasteiger partial charge is 0.317 e. The van der Waals surface area contributed by atoms with E-state index < -0.39 is 0 Å². The summed E-state index contributed by atoms with van der Waals surface area (Å²) in [4.78, 5) is 13.9. The Balaban J connectivity index is 1.53. The average molecular weight is 224 g/mol. The highest BCUT2D eigenvalue weighted by Gasteiger charge is 2.42. The molecule has 90 valence electrons. The van der Waals surface area contributed by atoms with Crippen molar-refractivity contribution in [2.45, 2.75) is 31.7 Å². The zero-order chi connectivity index (χ0) is 11.0. The molecular weight excluding hydrogens is 204 g/mol. The van der Waals surface area contributed by atoms with Gasteiger partial charge >= 0.3 is 6.03 Å². The minimum atomic E-state index is 0.132. The lowest BCUT2D eigenvalue weighted by Crippen LogP contribution is -2.50. The van der Waals surface area contributed by atoms with Gasteiger partial charge in [-0.15, -0.1) is 0 Å². The van der Waals surface area contributed by atoms with E-state index in [1.807, 2.05) is 4.90 Å². The van der Waals surface area contributed by atoms with Crippen LogP contribution in [0, 0.1) is 11.8 Å².